The summed E-state index contributed by atoms with van der Waals surface area (Å²) in [5.41, 5.74) is 1.79. The summed E-state index contributed by atoms with van der Waals surface area (Å²) in [4.78, 5) is 4.06. The van der Waals surface area contributed by atoms with Crippen molar-refractivity contribution in [3.05, 3.63) is 36.7 Å². The summed E-state index contributed by atoms with van der Waals surface area (Å²) in [7, 11) is 0. The van der Waals surface area contributed by atoms with Gasteiger partial charge in [0.15, 0.2) is 0 Å². The van der Waals surface area contributed by atoms with E-state index in [-0.39, 0.29) is 6.61 Å². The number of anilines is 1. The molecule has 1 aromatic rings. The van der Waals surface area contributed by atoms with Gasteiger partial charge in [-0.1, -0.05) is 13.0 Å². The molecule has 2 unspecified atom stereocenters. The number of hydrogen-bond donors (Lipinski definition) is 2. The number of allylic oxidation sites excluding steroid dienone is 1. The van der Waals surface area contributed by atoms with Crippen LogP contribution in [0, 0.1) is 5.92 Å². The molecule has 0 spiro atoms. The minimum absolute atomic E-state index is 0.0351. The van der Waals surface area contributed by atoms with Gasteiger partial charge in [0.1, 0.15) is 0 Å². The van der Waals surface area contributed by atoms with Gasteiger partial charge in [-0.2, -0.15) is 0 Å². The number of nitrogens with zero attached hydrogens (tertiary/aromatic N) is 1. The van der Waals surface area contributed by atoms with Crippen molar-refractivity contribution in [3.8, 4) is 0 Å². The predicted molar refractivity (Wildman–Crippen MR) is 67.2 cm³/mol. The average Bonchev–Trinajstić information content (AvgIpc) is 2.30. The fourth-order valence-corrected chi connectivity index (χ4v) is 1.55. The van der Waals surface area contributed by atoms with E-state index in [1.807, 2.05) is 12.1 Å². The van der Waals surface area contributed by atoms with Gasteiger partial charge in [-0.15, -0.1) is 6.58 Å². The van der Waals surface area contributed by atoms with Gasteiger partial charge in [0.25, 0.3) is 0 Å². The van der Waals surface area contributed by atoms with Crippen LogP contribution in [0.15, 0.2) is 31.1 Å². The molecule has 88 valence electrons. The zero-order valence-corrected chi connectivity index (χ0v) is 9.98. The summed E-state index contributed by atoms with van der Waals surface area (Å²) in [5, 5.41) is 12.6. The van der Waals surface area contributed by atoms with Gasteiger partial charge < -0.3 is 10.4 Å². The first kappa shape index (κ1) is 12.7. The third-order valence-electron chi connectivity index (χ3n) is 2.86. The fourth-order valence-electron chi connectivity index (χ4n) is 1.55. The van der Waals surface area contributed by atoms with Gasteiger partial charge in [0.05, 0.1) is 18.5 Å². The van der Waals surface area contributed by atoms with Crippen molar-refractivity contribution >= 4 is 5.69 Å². The van der Waals surface area contributed by atoms with Crippen molar-refractivity contribution in [1.82, 2.24) is 4.98 Å². The summed E-state index contributed by atoms with van der Waals surface area (Å²) in [6.07, 6.45) is 6.35. The SMILES string of the molecule is C=CCC(C)C(C)Nc1cnccc1CO. The van der Waals surface area contributed by atoms with Crippen LogP contribution in [0.4, 0.5) is 5.69 Å². The van der Waals surface area contributed by atoms with E-state index >= 15 is 0 Å². The first-order chi connectivity index (χ1) is 7.69. The lowest BCUT2D eigenvalue weighted by molar-refractivity contribution is 0.282. The first-order valence-corrected chi connectivity index (χ1v) is 5.60. The molecule has 0 fully saturated rings. The minimum Gasteiger partial charge on any atom is -0.392 e. The number of hydrogen-bond acceptors (Lipinski definition) is 3. The Labute approximate surface area is 97.2 Å². The molecule has 3 nitrogen and oxygen atoms in total. The lowest BCUT2D eigenvalue weighted by atomic mass is 9.99. The van der Waals surface area contributed by atoms with Gasteiger partial charge in [0, 0.05) is 17.8 Å². The topological polar surface area (TPSA) is 45.2 Å². The fraction of sp³-hybridized carbons (Fsp3) is 0.462. The lowest BCUT2D eigenvalue weighted by Crippen LogP contribution is -2.24. The van der Waals surface area contributed by atoms with Crippen molar-refractivity contribution in [2.24, 2.45) is 5.92 Å². The monoisotopic (exact) mass is 220 g/mol. The van der Waals surface area contributed by atoms with Crippen LogP contribution in [0.2, 0.25) is 0 Å². The van der Waals surface area contributed by atoms with Crippen LogP contribution in [0.25, 0.3) is 0 Å². The molecule has 2 atom stereocenters. The van der Waals surface area contributed by atoms with Gasteiger partial charge in [-0.25, -0.2) is 0 Å². The van der Waals surface area contributed by atoms with E-state index in [9.17, 15) is 5.11 Å². The molecule has 0 aliphatic heterocycles. The third kappa shape index (κ3) is 3.35. The summed E-state index contributed by atoms with van der Waals surface area (Å²) < 4.78 is 0. The Morgan fingerprint density at radius 3 is 2.94 bits per heavy atom. The molecule has 0 aromatic carbocycles. The Bertz CT molecular complexity index is 338. The van der Waals surface area contributed by atoms with Crippen molar-refractivity contribution in [2.75, 3.05) is 5.32 Å². The molecule has 0 aliphatic carbocycles. The number of aliphatic hydroxyl groups excluding tert-OH is 1. The van der Waals surface area contributed by atoms with E-state index in [2.05, 4.69) is 30.7 Å². The molecule has 0 aliphatic rings. The molecule has 16 heavy (non-hydrogen) atoms. The van der Waals surface area contributed by atoms with Crippen LogP contribution in [0.5, 0.6) is 0 Å². The number of rotatable bonds is 6. The summed E-state index contributed by atoms with van der Waals surface area (Å²) in [6, 6.07) is 2.15. The second-order valence-electron chi connectivity index (χ2n) is 4.13. The lowest BCUT2D eigenvalue weighted by Gasteiger charge is -2.22. The second kappa shape index (κ2) is 6.28. The van der Waals surface area contributed by atoms with E-state index in [0.717, 1.165) is 17.7 Å². The third-order valence-corrected chi connectivity index (χ3v) is 2.86. The van der Waals surface area contributed by atoms with Crippen molar-refractivity contribution in [1.29, 1.82) is 0 Å². The van der Waals surface area contributed by atoms with Crippen LogP contribution in [0.3, 0.4) is 0 Å². The van der Waals surface area contributed by atoms with E-state index in [1.54, 1.807) is 12.4 Å². The van der Waals surface area contributed by atoms with E-state index < -0.39 is 0 Å². The van der Waals surface area contributed by atoms with E-state index in [1.165, 1.54) is 0 Å². The van der Waals surface area contributed by atoms with Crippen molar-refractivity contribution < 1.29 is 5.11 Å². The van der Waals surface area contributed by atoms with Crippen LogP contribution >= 0.6 is 0 Å². The Morgan fingerprint density at radius 1 is 1.56 bits per heavy atom. The quantitative estimate of drug-likeness (QED) is 0.724. The first-order valence-electron chi connectivity index (χ1n) is 5.60. The maximum absolute atomic E-state index is 9.19. The largest absolute Gasteiger partial charge is 0.392 e. The van der Waals surface area contributed by atoms with Gasteiger partial charge in [-0.3, -0.25) is 4.98 Å². The minimum atomic E-state index is 0.0351. The maximum atomic E-state index is 9.19. The van der Waals surface area contributed by atoms with Crippen LogP contribution in [-0.4, -0.2) is 16.1 Å². The zero-order chi connectivity index (χ0) is 12.0. The molecule has 2 N–H and O–H groups in total. The molecule has 0 saturated carbocycles. The number of pyridine rings is 1. The second-order valence-corrected chi connectivity index (χ2v) is 4.13. The average molecular weight is 220 g/mol. The Hall–Kier alpha value is -1.35. The number of aromatic nitrogens is 1. The molecule has 1 aromatic heterocycles. The van der Waals surface area contributed by atoms with Gasteiger partial charge in [-0.05, 0) is 25.3 Å². The highest BCUT2D eigenvalue weighted by Gasteiger charge is 2.11. The highest BCUT2D eigenvalue weighted by molar-refractivity contribution is 5.49. The van der Waals surface area contributed by atoms with Crippen LogP contribution < -0.4 is 5.32 Å². The molecule has 0 saturated heterocycles. The summed E-state index contributed by atoms with van der Waals surface area (Å²) in [6.45, 7) is 8.08. The Kier molecular flexibility index (Phi) is 4.99. The number of aliphatic hydroxyl groups is 1. The van der Waals surface area contributed by atoms with Crippen molar-refractivity contribution in [2.45, 2.75) is 32.9 Å². The highest BCUT2D eigenvalue weighted by atomic mass is 16.3. The van der Waals surface area contributed by atoms with E-state index in [4.69, 9.17) is 0 Å². The molecule has 0 bridgehead atoms. The molecule has 0 amide bonds. The molecular formula is C13H20N2O. The normalized spacial score (nSPS) is 14.2. The van der Waals surface area contributed by atoms with Crippen LogP contribution in [0.1, 0.15) is 25.8 Å². The molecule has 3 heteroatoms. The van der Waals surface area contributed by atoms with Gasteiger partial charge >= 0.3 is 0 Å². The molecule has 1 heterocycles. The van der Waals surface area contributed by atoms with Crippen LogP contribution in [-0.2, 0) is 6.61 Å². The number of nitrogens with one attached hydrogen (secondary N) is 1. The summed E-state index contributed by atoms with van der Waals surface area (Å²) >= 11 is 0. The maximum Gasteiger partial charge on any atom is 0.0703 e. The summed E-state index contributed by atoms with van der Waals surface area (Å²) in [5.74, 6) is 0.504. The zero-order valence-electron chi connectivity index (χ0n) is 9.98. The Morgan fingerprint density at radius 2 is 2.31 bits per heavy atom. The predicted octanol–water partition coefficient (Wildman–Crippen LogP) is 2.59. The molecule has 0 radical (unpaired) electrons. The van der Waals surface area contributed by atoms with Crippen molar-refractivity contribution in [3.63, 3.8) is 0 Å². The highest BCUT2D eigenvalue weighted by Crippen LogP contribution is 2.18. The van der Waals surface area contributed by atoms with Gasteiger partial charge in [0.2, 0.25) is 0 Å². The molecule has 1 rings (SSSR count). The molecular weight excluding hydrogens is 200 g/mol. The van der Waals surface area contributed by atoms with E-state index in [0.29, 0.717) is 12.0 Å². The standard InChI is InChI=1S/C13H20N2O/c1-4-5-10(2)11(3)15-13-8-14-7-6-12(13)9-16/h4,6-8,10-11,15-16H,1,5,9H2,2-3H3. The Balaban J connectivity index is 2.68. The smallest absolute Gasteiger partial charge is 0.0703 e.